The van der Waals surface area contributed by atoms with E-state index in [0.29, 0.717) is 0 Å². The first kappa shape index (κ1) is 13.7. The normalized spacial score (nSPS) is 12.2. The Labute approximate surface area is 82.4 Å². The molecule has 2 N–H and O–H groups in total. The second-order valence-corrected chi connectivity index (χ2v) is 4.68. The fraction of sp³-hybridized carbons (Fsp3) is 0. The first-order valence-corrected chi connectivity index (χ1v) is 5.63. The maximum atomic E-state index is 9.53. The summed E-state index contributed by atoms with van der Waals surface area (Å²) in [4.78, 5) is 0. The quantitative estimate of drug-likeness (QED) is 0.522. The molecule has 10 heavy (non-hydrogen) atoms. The number of rotatable bonds is 2. The Morgan fingerprint density at radius 1 is 0.900 bits per heavy atom. The van der Waals surface area contributed by atoms with E-state index in [2.05, 4.69) is 2.84 Å². The first-order valence-electron chi connectivity index (χ1n) is 1.37. The fourth-order valence-electron chi connectivity index (χ4n) is 0.109. The molecular formula is H3Cr2NaO7. The van der Waals surface area contributed by atoms with Gasteiger partial charge in [-0.05, 0) is 0 Å². The zero-order valence-corrected chi connectivity index (χ0v) is 6.30. The van der Waals surface area contributed by atoms with Gasteiger partial charge in [0.2, 0.25) is 0 Å². The van der Waals surface area contributed by atoms with Crippen LogP contribution in [-0.2, 0) is 45.3 Å². The van der Waals surface area contributed by atoms with Crippen molar-refractivity contribution >= 4 is 29.6 Å². The summed E-state index contributed by atoms with van der Waals surface area (Å²) >= 11 is -11.5. The zero-order valence-electron chi connectivity index (χ0n) is 3.75. The van der Waals surface area contributed by atoms with E-state index >= 15 is 0 Å². The van der Waals surface area contributed by atoms with Gasteiger partial charge >= 0.3 is 83.2 Å². The SMILES string of the molecule is [NaH].[O]=[Cr](=[O])([OH])[O][Cr](=[O])(=[O])[OH]. The summed E-state index contributed by atoms with van der Waals surface area (Å²) in [6.07, 6.45) is 0. The molecule has 0 bridgehead atoms. The molecule has 0 amide bonds. The minimum atomic E-state index is -5.76. The van der Waals surface area contributed by atoms with Crippen molar-refractivity contribution < 1.29 is 53.6 Å². The van der Waals surface area contributed by atoms with Gasteiger partial charge < -0.3 is 0 Å². The molecule has 58 valence electrons. The maximum absolute atomic E-state index is 9.53. The van der Waals surface area contributed by atoms with E-state index in [4.69, 9.17) is 8.32 Å². The predicted octanol–water partition coefficient (Wildman–Crippen LogP) is -2.31. The van der Waals surface area contributed by atoms with Crippen LogP contribution in [0.3, 0.4) is 0 Å². The van der Waals surface area contributed by atoms with Gasteiger partial charge in [-0.15, -0.1) is 0 Å². The van der Waals surface area contributed by atoms with Gasteiger partial charge in [0.1, 0.15) is 0 Å². The van der Waals surface area contributed by atoms with E-state index in [0.717, 1.165) is 0 Å². The van der Waals surface area contributed by atoms with E-state index < -0.39 is 27.2 Å². The second-order valence-electron chi connectivity index (χ2n) is 0.924. The third-order valence-corrected chi connectivity index (χ3v) is 2.92. The third-order valence-electron chi connectivity index (χ3n) is 0.172. The van der Waals surface area contributed by atoms with E-state index in [-0.39, 0.29) is 29.6 Å². The van der Waals surface area contributed by atoms with E-state index in [1.54, 1.807) is 0 Å². The van der Waals surface area contributed by atoms with Crippen molar-refractivity contribution in [3.63, 3.8) is 0 Å². The van der Waals surface area contributed by atoms with Crippen molar-refractivity contribution in [3.8, 4) is 0 Å². The van der Waals surface area contributed by atoms with Crippen LogP contribution in [-0.4, -0.2) is 37.9 Å². The van der Waals surface area contributed by atoms with Gasteiger partial charge in [-0.3, -0.25) is 0 Å². The van der Waals surface area contributed by atoms with Crippen LogP contribution in [0.25, 0.3) is 0 Å². The molecule has 0 radical (unpaired) electrons. The summed E-state index contributed by atoms with van der Waals surface area (Å²) < 4.78 is 56.3. The summed E-state index contributed by atoms with van der Waals surface area (Å²) in [5, 5.41) is 0. The molecule has 0 saturated carbocycles. The van der Waals surface area contributed by atoms with Crippen molar-refractivity contribution in [3.05, 3.63) is 0 Å². The van der Waals surface area contributed by atoms with Crippen LogP contribution < -0.4 is 0 Å². The molecule has 7 nitrogen and oxygen atoms in total. The summed E-state index contributed by atoms with van der Waals surface area (Å²) in [6.45, 7) is 0. The topological polar surface area (TPSA) is 118 Å². The minimum absolute atomic E-state index is 0. The number of hydrogen-bond acceptors (Lipinski definition) is 5. The molecule has 0 aliphatic carbocycles. The molecule has 0 aliphatic rings. The molecule has 0 saturated heterocycles. The van der Waals surface area contributed by atoms with Crippen LogP contribution in [0.4, 0.5) is 0 Å². The monoisotopic (exact) mass is 242 g/mol. The number of hydrogen-bond donors (Lipinski definition) is 2. The molecule has 0 unspecified atom stereocenters. The Bertz CT molecular complexity index is 237. The molecule has 0 aliphatic heterocycles. The van der Waals surface area contributed by atoms with Crippen LogP contribution in [0, 0.1) is 0 Å². The summed E-state index contributed by atoms with van der Waals surface area (Å²) in [7, 11) is 0. The first-order chi connectivity index (χ1) is 3.71. The van der Waals surface area contributed by atoms with Gasteiger partial charge in [0.05, 0.1) is 0 Å². The molecule has 0 fully saturated rings. The predicted molar refractivity (Wildman–Crippen MR) is 15.4 cm³/mol. The van der Waals surface area contributed by atoms with Crippen LogP contribution in [0.1, 0.15) is 0 Å². The molecular weight excluding hydrogens is 239 g/mol. The molecule has 0 rings (SSSR count). The van der Waals surface area contributed by atoms with Crippen LogP contribution in [0.2, 0.25) is 0 Å². The summed E-state index contributed by atoms with van der Waals surface area (Å²) in [6, 6.07) is 0. The van der Waals surface area contributed by atoms with Gasteiger partial charge in [0.15, 0.2) is 0 Å². The Balaban J connectivity index is 0. The average Bonchev–Trinajstić information content (AvgIpc) is 1.14. The Morgan fingerprint density at radius 3 is 1.10 bits per heavy atom. The van der Waals surface area contributed by atoms with Crippen molar-refractivity contribution in [2.24, 2.45) is 0 Å². The zero-order chi connectivity index (χ0) is 7.71. The molecule has 0 aromatic heterocycles. The molecule has 0 heterocycles. The van der Waals surface area contributed by atoms with Crippen molar-refractivity contribution in [2.45, 2.75) is 0 Å². The van der Waals surface area contributed by atoms with Crippen molar-refractivity contribution in [1.82, 2.24) is 0 Å². The fourth-order valence-corrected chi connectivity index (χ4v) is 1.85. The Hall–Kier alpha value is 1.14. The van der Waals surface area contributed by atoms with Gasteiger partial charge in [-0.2, -0.15) is 0 Å². The molecule has 0 aromatic rings. The average molecular weight is 242 g/mol. The van der Waals surface area contributed by atoms with Crippen LogP contribution >= 0.6 is 0 Å². The molecule has 0 atom stereocenters. The van der Waals surface area contributed by atoms with E-state index in [1.165, 1.54) is 0 Å². The molecule has 0 aromatic carbocycles. The Morgan fingerprint density at radius 2 is 1.10 bits per heavy atom. The third kappa shape index (κ3) is 11.9. The van der Waals surface area contributed by atoms with Gasteiger partial charge in [-0.1, -0.05) is 0 Å². The molecule has 0 spiro atoms. The van der Waals surface area contributed by atoms with Crippen molar-refractivity contribution in [1.29, 1.82) is 0 Å². The van der Waals surface area contributed by atoms with Gasteiger partial charge in [0.25, 0.3) is 0 Å². The van der Waals surface area contributed by atoms with Gasteiger partial charge in [-0.25, -0.2) is 0 Å². The Kier molecular flexibility index (Phi) is 5.82. The van der Waals surface area contributed by atoms with Crippen molar-refractivity contribution in [2.75, 3.05) is 0 Å². The summed E-state index contributed by atoms with van der Waals surface area (Å²) in [5.74, 6) is 0. The summed E-state index contributed by atoms with van der Waals surface area (Å²) in [5.41, 5.74) is 0. The van der Waals surface area contributed by atoms with Crippen LogP contribution in [0.15, 0.2) is 0 Å². The standard InChI is InChI=1S/2Cr.Na.2H2O.5O.H/h;;;2*1H2;;;;;;/q2*+1;;;;;;;;;/p-2. The molecule has 10 heteroatoms. The van der Waals surface area contributed by atoms with E-state index in [9.17, 15) is 15.2 Å². The second kappa shape index (κ2) is 4.24. The van der Waals surface area contributed by atoms with Gasteiger partial charge in [0, 0.05) is 0 Å². The van der Waals surface area contributed by atoms with Crippen LogP contribution in [0.5, 0.6) is 0 Å². The van der Waals surface area contributed by atoms with E-state index in [1.807, 2.05) is 0 Å².